The van der Waals surface area contributed by atoms with E-state index in [2.05, 4.69) is 18.2 Å². The SMILES string of the molecule is O=C1C=CC=C2C1=Cc1ccccc12.Oc1cccc(-c2ccccc2)c1-c1ccccc1. The minimum Gasteiger partial charge on any atom is -0.507 e. The highest BCUT2D eigenvalue weighted by Gasteiger charge is 2.23. The van der Waals surface area contributed by atoms with Gasteiger partial charge in [0.05, 0.1) is 0 Å². The lowest BCUT2D eigenvalue weighted by Gasteiger charge is -2.12. The van der Waals surface area contributed by atoms with Crippen molar-refractivity contribution in [2.24, 2.45) is 0 Å². The monoisotopic (exact) mass is 426 g/mol. The van der Waals surface area contributed by atoms with Gasteiger partial charge in [-0.2, -0.15) is 0 Å². The summed E-state index contributed by atoms with van der Waals surface area (Å²) in [6.45, 7) is 0. The van der Waals surface area contributed by atoms with Crippen molar-refractivity contribution in [3.8, 4) is 28.0 Å². The van der Waals surface area contributed by atoms with Crippen LogP contribution in [0.4, 0.5) is 0 Å². The molecule has 2 aliphatic rings. The minimum atomic E-state index is 0.110. The Kier molecular flexibility index (Phi) is 5.57. The summed E-state index contributed by atoms with van der Waals surface area (Å²) in [5, 5.41) is 10.2. The van der Waals surface area contributed by atoms with E-state index in [1.54, 1.807) is 12.1 Å². The fourth-order valence-corrected chi connectivity index (χ4v) is 4.26. The van der Waals surface area contributed by atoms with E-state index in [1.807, 2.05) is 97.1 Å². The molecule has 2 heteroatoms. The lowest BCUT2D eigenvalue weighted by molar-refractivity contribution is -0.110. The van der Waals surface area contributed by atoms with Crippen molar-refractivity contribution in [3.63, 3.8) is 0 Å². The van der Waals surface area contributed by atoms with Crippen LogP contribution in [0.5, 0.6) is 5.75 Å². The van der Waals surface area contributed by atoms with Gasteiger partial charge in [0.2, 0.25) is 0 Å². The van der Waals surface area contributed by atoms with Crippen LogP contribution in [0.3, 0.4) is 0 Å². The fourth-order valence-electron chi connectivity index (χ4n) is 4.26. The Morgan fingerprint density at radius 1 is 0.576 bits per heavy atom. The van der Waals surface area contributed by atoms with Crippen LogP contribution in [0.25, 0.3) is 33.9 Å². The van der Waals surface area contributed by atoms with Crippen LogP contribution in [0, 0.1) is 0 Å². The fraction of sp³-hybridized carbons (Fsp3) is 0. The van der Waals surface area contributed by atoms with Gasteiger partial charge in [-0.25, -0.2) is 0 Å². The molecule has 0 amide bonds. The number of phenols is 1. The molecule has 0 heterocycles. The molecule has 0 saturated heterocycles. The number of allylic oxidation sites excluding steroid dienone is 5. The van der Waals surface area contributed by atoms with Crippen LogP contribution < -0.4 is 0 Å². The summed E-state index contributed by atoms with van der Waals surface area (Å²) in [4.78, 5) is 11.5. The summed E-state index contributed by atoms with van der Waals surface area (Å²) in [5.74, 6) is 0.422. The number of hydrogen-bond acceptors (Lipinski definition) is 2. The summed E-state index contributed by atoms with van der Waals surface area (Å²) in [6, 6.07) is 33.8. The van der Waals surface area contributed by atoms with Crippen LogP contribution in [-0.2, 0) is 4.79 Å². The van der Waals surface area contributed by atoms with Gasteiger partial charge in [0.1, 0.15) is 5.75 Å². The Morgan fingerprint density at radius 2 is 1.21 bits per heavy atom. The molecule has 0 atom stereocenters. The van der Waals surface area contributed by atoms with Crippen molar-refractivity contribution in [1.29, 1.82) is 0 Å². The Hall–Kier alpha value is -4.43. The first kappa shape index (κ1) is 20.5. The van der Waals surface area contributed by atoms with Crippen LogP contribution in [-0.4, -0.2) is 10.9 Å². The van der Waals surface area contributed by atoms with Crippen molar-refractivity contribution in [2.45, 2.75) is 0 Å². The zero-order chi connectivity index (χ0) is 22.6. The van der Waals surface area contributed by atoms with Gasteiger partial charge in [0.15, 0.2) is 5.78 Å². The molecule has 33 heavy (non-hydrogen) atoms. The van der Waals surface area contributed by atoms with Crippen molar-refractivity contribution in [2.75, 3.05) is 0 Å². The summed E-state index contributed by atoms with van der Waals surface area (Å²) < 4.78 is 0. The van der Waals surface area contributed by atoms with Crippen molar-refractivity contribution >= 4 is 17.4 Å². The first-order chi connectivity index (χ1) is 16.2. The summed E-state index contributed by atoms with van der Waals surface area (Å²) in [7, 11) is 0. The van der Waals surface area contributed by atoms with E-state index in [9.17, 15) is 9.90 Å². The second-order valence-electron chi connectivity index (χ2n) is 7.88. The van der Waals surface area contributed by atoms with Gasteiger partial charge in [-0.3, -0.25) is 4.79 Å². The van der Waals surface area contributed by atoms with E-state index in [0.29, 0.717) is 5.75 Å². The molecule has 6 rings (SSSR count). The number of hydrogen-bond donors (Lipinski definition) is 1. The van der Waals surface area contributed by atoms with Gasteiger partial charge in [0.25, 0.3) is 0 Å². The average molecular weight is 427 g/mol. The van der Waals surface area contributed by atoms with Gasteiger partial charge >= 0.3 is 0 Å². The smallest absolute Gasteiger partial charge is 0.186 e. The number of phenolic OH excluding ortho intramolecular Hbond substituents is 1. The highest BCUT2D eigenvalue weighted by atomic mass is 16.3. The van der Waals surface area contributed by atoms with Crippen molar-refractivity contribution < 1.29 is 9.90 Å². The van der Waals surface area contributed by atoms with Crippen LogP contribution in [0.15, 0.2) is 127 Å². The molecule has 4 aromatic carbocycles. The molecule has 4 aromatic rings. The molecule has 0 aliphatic heterocycles. The zero-order valence-electron chi connectivity index (χ0n) is 18.0. The molecule has 0 saturated carbocycles. The molecule has 158 valence electrons. The molecule has 0 spiro atoms. The van der Waals surface area contributed by atoms with Crippen molar-refractivity contribution in [3.05, 3.63) is 138 Å². The normalized spacial score (nSPS) is 13.3. The van der Waals surface area contributed by atoms with Gasteiger partial charge in [-0.15, -0.1) is 0 Å². The van der Waals surface area contributed by atoms with Gasteiger partial charge in [-0.1, -0.05) is 109 Å². The molecule has 0 fully saturated rings. The number of ketones is 1. The first-order valence-corrected chi connectivity index (χ1v) is 10.9. The molecular weight excluding hydrogens is 404 g/mol. The Balaban J connectivity index is 0.000000144. The maximum Gasteiger partial charge on any atom is 0.186 e. The average Bonchev–Trinajstić information content (AvgIpc) is 3.26. The van der Waals surface area contributed by atoms with Gasteiger partial charge < -0.3 is 5.11 Å². The second kappa shape index (κ2) is 8.97. The first-order valence-electron chi connectivity index (χ1n) is 10.9. The van der Waals surface area contributed by atoms with E-state index in [4.69, 9.17) is 0 Å². The van der Waals surface area contributed by atoms with Crippen LogP contribution >= 0.6 is 0 Å². The van der Waals surface area contributed by atoms with E-state index in [0.717, 1.165) is 39.0 Å². The number of fused-ring (bicyclic) bond motifs is 3. The predicted molar refractivity (Wildman–Crippen MR) is 136 cm³/mol. The quantitative estimate of drug-likeness (QED) is 0.364. The second-order valence-corrected chi connectivity index (χ2v) is 7.88. The Labute approximate surface area is 193 Å². The Bertz CT molecular complexity index is 1410. The lowest BCUT2D eigenvalue weighted by Crippen LogP contribution is -2.00. The molecule has 1 N–H and O–H groups in total. The largest absolute Gasteiger partial charge is 0.507 e. The minimum absolute atomic E-state index is 0.110. The molecule has 0 unspecified atom stereocenters. The third-order valence-electron chi connectivity index (χ3n) is 5.81. The standard InChI is InChI=1S/C18H14O.C13H8O/c19-17-13-7-12-16(14-8-3-1-4-9-14)18(17)15-10-5-2-6-11-15;14-13-7-3-6-11-10-5-2-1-4-9(10)8-12(11)13/h1-13,19H;1-8H. The molecule has 0 radical (unpaired) electrons. The third kappa shape index (κ3) is 4.07. The van der Waals surface area contributed by atoms with Crippen LogP contribution in [0.2, 0.25) is 0 Å². The Morgan fingerprint density at radius 3 is 1.97 bits per heavy atom. The zero-order valence-corrected chi connectivity index (χ0v) is 18.0. The number of benzene rings is 4. The summed E-state index contributed by atoms with van der Waals surface area (Å²) in [6.07, 6.45) is 7.39. The maximum atomic E-state index is 11.5. The highest BCUT2D eigenvalue weighted by molar-refractivity contribution is 6.23. The molecule has 2 aliphatic carbocycles. The topological polar surface area (TPSA) is 37.3 Å². The molecule has 0 aromatic heterocycles. The number of carbonyl (C=O) groups is 1. The molecule has 2 nitrogen and oxygen atoms in total. The predicted octanol–water partition coefficient (Wildman–Crippen LogP) is 7.33. The third-order valence-corrected chi connectivity index (χ3v) is 5.81. The molecular formula is C31H22O2. The van der Waals surface area contributed by atoms with E-state index in [-0.39, 0.29) is 5.78 Å². The van der Waals surface area contributed by atoms with Crippen molar-refractivity contribution in [1.82, 2.24) is 0 Å². The van der Waals surface area contributed by atoms with Gasteiger partial charge in [0, 0.05) is 11.1 Å². The number of aromatic hydroxyl groups is 1. The summed E-state index contributed by atoms with van der Waals surface area (Å²) in [5.41, 5.74) is 8.27. The van der Waals surface area contributed by atoms with Gasteiger partial charge in [-0.05, 0) is 51.6 Å². The van der Waals surface area contributed by atoms with E-state index in [1.165, 1.54) is 5.56 Å². The van der Waals surface area contributed by atoms with E-state index < -0.39 is 0 Å². The maximum absolute atomic E-state index is 11.5. The van der Waals surface area contributed by atoms with Crippen LogP contribution in [0.1, 0.15) is 11.1 Å². The number of carbonyl (C=O) groups excluding carboxylic acids is 1. The summed E-state index contributed by atoms with van der Waals surface area (Å²) >= 11 is 0. The van der Waals surface area contributed by atoms with E-state index >= 15 is 0 Å². The molecule has 0 bridgehead atoms. The lowest BCUT2D eigenvalue weighted by atomic mass is 9.94. The number of rotatable bonds is 2. The highest BCUT2D eigenvalue weighted by Crippen LogP contribution is 2.38.